The molecular weight excluding hydrogens is 316 g/mol. The van der Waals surface area contributed by atoms with Gasteiger partial charge in [-0.15, -0.1) is 0 Å². The third-order valence-corrected chi connectivity index (χ3v) is 4.53. The number of hydrogen-bond donors (Lipinski definition) is 1. The standard InChI is InChI=1S/C20H22N2O3/c1-25-20(24)17-12-18(23)16(13-21-15-10-6-3-7-11-15)19(22-17)14-8-4-2-5-9-14/h2,4-5,8-9,12-13,15H,3,6-7,10-11H2,1H3,(H,22,23). The average molecular weight is 338 g/mol. The van der Waals surface area contributed by atoms with Gasteiger partial charge in [-0.2, -0.15) is 0 Å². The minimum Gasteiger partial charge on any atom is -0.464 e. The Morgan fingerprint density at radius 2 is 1.92 bits per heavy atom. The highest BCUT2D eigenvalue weighted by Gasteiger charge is 2.16. The van der Waals surface area contributed by atoms with E-state index in [1.54, 1.807) is 6.21 Å². The number of H-pyrrole nitrogens is 1. The fraction of sp³-hybridized carbons (Fsp3) is 0.350. The zero-order chi connectivity index (χ0) is 17.6. The monoisotopic (exact) mass is 338 g/mol. The summed E-state index contributed by atoms with van der Waals surface area (Å²) >= 11 is 0. The highest BCUT2D eigenvalue weighted by atomic mass is 16.5. The molecule has 5 nitrogen and oxygen atoms in total. The number of ether oxygens (including phenoxy) is 1. The summed E-state index contributed by atoms with van der Waals surface area (Å²) in [5.41, 5.74) is 1.80. The number of aromatic nitrogens is 1. The third-order valence-electron chi connectivity index (χ3n) is 4.53. The summed E-state index contributed by atoms with van der Waals surface area (Å²) in [5, 5.41) is 0. The fourth-order valence-electron chi connectivity index (χ4n) is 3.16. The molecule has 0 unspecified atom stereocenters. The van der Waals surface area contributed by atoms with E-state index in [1.807, 2.05) is 30.3 Å². The number of nitrogens with one attached hydrogen (secondary N) is 1. The molecule has 0 spiro atoms. The van der Waals surface area contributed by atoms with E-state index in [0.29, 0.717) is 11.3 Å². The van der Waals surface area contributed by atoms with Crippen LogP contribution in [0.2, 0.25) is 0 Å². The van der Waals surface area contributed by atoms with Crippen molar-refractivity contribution in [3.8, 4) is 11.3 Å². The normalized spacial score (nSPS) is 15.4. The Bertz CT molecular complexity index is 819. The van der Waals surface area contributed by atoms with Crippen molar-refractivity contribution >= 4 is 12.2 Å². The molecule has 1 saturated carbocycles. The number of pyridine rings is 1. The van der Waals surface area contributed by atoms with Crippen molar-refractivity contribution in [1.82, 2.24) is 4.98 Å². The van der Waals surface area contributed by atoms with Crippen LogP contribution in [0.3, 0.4) is 0 Å². The Hall–Kier alpha value is -2.69. The molecule has 0 amide bonds. The number of methoxy groups -OCH3 is 1. The van der Waals surface area contributed by atoms with E-state index >= 15 is 0 Å². The molecule has 3 rings (SSSR count). The first-order valence-electron chi connectivity index (χ1n) is 8.63. The predicted octanol–water partition coefficient (Wildman–Crippen LogP) is 3.58. The van der Waals surface area contributed by atoms with Crippen LogP contribution >= 0.6 is 0 Å². The summed E-state index contributed by atoms with van der Waals surface area (Å²) in [6, 6.07) is 11.0. The molecule has 2 aromatic rings. The topological polar surface area (TPSA) is 71.5 Å². The maximum Gasteiger partial charge on any atom is 0.354 e. The SMILES string of the molecule is COC(=O)c1cc(=O)c(C=NC2CCCCC2)c(-c2ccccc2)[nH]1. The van der Waals surface area contributed by atoms with Gasteiger partial charge in [-0.3, -0.25) is 9.79 Å². The number of nitrogens with zero attached hydrogens (tertiary/aromatic N) is 1. The fourth-order valence-corrected chi connectivity index (χ4v) is 3.16. The second kappa shape index (κ2) is 7.92. The lowest BCUT2D eigenvalue weighted by molar-refractivity contribution is 0.0594. The third kappa shape index (κ3) is 4.05. The lowest BCUT2D eigenvalue weighted by atomic mass is 9.96. The molecule has 1 fully saturated rings. The molecule has 0 saturated heterocycles. The van der Waals surface area contributed by atoms with Gasteiger partial charge in [0.25, 0.3) is 0 Å². The van der Waals surface area contributed by atoms with Crippen LogP contribution < -0.4 is 5.43 Å². The summed E-state index contributed by atoms with van der Waals surface area (Å²) < 4.78 is 4.73. The molecule has 1 heterocycles. The smallest absolute Gasteiger partial charge is 0.354 e. The first-order chi connectivity index (χ1) is 12.2. The number of benzene rings is 1. The number of carbonyl (C=O) groups is 1. The van der Waals surface area contributed by atoms with Gasteiger partial charge >= 0.3 is 5.97 Å². The van der Waals surface area contributed by atoms with Crippen LogP contribution in [0.4, 0.5) is 0 Å². The summed E-state index contributed by atoms with van der Waals surface area (Å²) in [7, 11) is 1.29. The van der Waals surface area contributed by atoms with E-state index in [0.717, 1.165) is 18.4 Å². The van der Waals surface area contributed by atoms with Crippen LogP contribution in [-0.2, 0) is 4.74 Å². The van der Waals surface area contributed by atoms with E-state index in [1.165, 1.54) is 32.4 Å². The Kier molecular flexibility index (Phi) is 5.43. The van der Waals surface area contributed by atoms with Gasteiger partial charge in [-0.05, 0) is 18.4 Å². The van der Waals surface area contributed by atoms with Gasteiger partial charge in [0, 0.05) is 18.3 Å². The lowest BCUT2D eigenvalue weighted by Gasteiger charge is -2.17. The van der Waals surface area contributed by atoms with E-state index in [2.05, 4.69) is 9.98 Å². The van der Waals surface area contributed by atoms with Crippen LogP contribution in [0.25, 0.3) is 11.3 Å². The number of aliphatic imine (C=N–C) groups is 1. The highest BCUT2D eigenvalue weighted by molar-refractivity contribution is 5.93. The second-order valence-electron chi connectivity index (χ2n) is 6.26. The van der Waals surface area contributed by atoms with Gasteiger partial charge in [0.2, 0.25) is 0 Å². The minimum atomic E-state index is -0.565. The Balaban J connectivity index is 2.05. The number of rotatable bonds is 4. The molecule has 0 radical (unpaired) electrons. The molecule has 0 aliphatic heterocycles. The predicted molar refractivity (Wildman–Crippen MR) is 98.3 cm³/mol. The largest absolute Gasteiger partial charge is 0.464 e. The Morgan fingerprint density at radius 3 is 2.60 bits per heavy atom. The molecule has 130 valence electrons. The first kappa shape index (κ1) is 17.1. The molecule has 0 bridgehead atoms. The van der Waals surface area contributed by atoms with Crippen molar-refractivity contribution in [3.63, 3.8) is 0 Å². The van der Waals surface area contributed by atoms with Crippen molar-refractivity contribution in [1.29, 1.82) is 0 Å². The quantitative estimate of drug-likeness (QED) is 0.684. The van der Waals surface area contributed by atoms with Crippen LogP contribution in [-0.4, -0.2) is 30.3 Å². The molecule has 1 aromatic carbocycles. The first-order valence-corrected chi connectivity index (χ1v) is 8.63. The van der Waals surface area contributed by atoms with Gasteiger partial charge in [0.1, 0.15) is 5.69 Å². The molecule has 5 heteroatoms. The van der Waals surface area contributed by atoms with Crippen LogP contribution in [0.5, 0.6) is 0 Å². The Labute approximate surface area is 146 Å². The van der Waals surface area contributed by atoms with E-state index in [9.17, 15) is 9.59 Å². The lowest BCUT2D eigenvalue weighted by Crippen LogP contribution is -2.18. The van der Waals surface area contributed by atoms with Crippen molar-refractivity contribution in [2.24, 2.45) is 4.99 Å². The summed E-state index contributed by atoms with van der Waals surface area (Å²) in [6.07, 6.45) is 7.43. The maximum atomic E-state index is 12.6. The molecular formula is C20H22N2O3. The summed E-state index contributed by atoms with van der Waals surface area (Å²) in [5.74, 6) is -0.565. The summed E-state index contributed by atoms with van der Waals surface area (Å²) in [6.45, 7) is 0. The van der Waals surface area contributed by atoms with Crippen LogP contribution in [0.15, 0.2) is 46.2 Å². The van der Waals surface area contributed by atoms with Crippen molar-refractivity contribution in [2.45, 2.75) is 38.1 Å². The van der Waals surface area contributed by atoms with Gasteiger partial charge in [-0.25, -0.2) is 4.79 Å². The van der Waals surface area contributed by atoms with E-state index in [-0.39, 0.29) is 17.2 Å². The zero-order valence-corrected chi connectivity index (χ0v) is 14.3. The Morgan fingerprint density at radius 1 is 1.20 bits per heavy atom. The minimum absolute atomic E-state index is 0.140. The van der Waals surface area contributed by atoms with E-state index in [4.69, 9.17) is 4.74 Å². The number of carbonyl (C=O) groups excluding carboxylic acids is 1. The van der Waals surface area contributed by atoms with Crippen molar-refractivity contribution < 1.29 is 9.53 Å². The average Bonchev–Trinajstić information content (AvgIpc) is 2.67. The van der Waals surface area contributed by atoms with Gasteiger partial charge in [0.15, 0.2) is 5.43 Å². The maximum absolute atomic E-state index is 12.6. The molecule has 1 aliphatic rings. The van der Waals surface area contributed by atoms with Crippen LogP contribution in [0.1, 0.15) is 48.2 Å². The molecule has 0 atom stereocenters. The number of esters is 1. The molecule has 1 aromatic heterocycles. The molecule has 1 N–H and O–H groups in total. The van der Waals surface area contributed by atoms with Crippen molar-refractivity contribution in [3.05, 3.63) is 57.9 Å². The molecule has 25 heavy (non-hydrogen) atoms. The van der Waals surface area contributed by atoms with E-state index < -0.39 is 5.97 Å². The highest BCUT2D eigenvalue weighted by Crippen LogP contribution is 2.22. The van der Waals surface area contributed by atoms with Gasteiger partial charge in [0.05, 0.1) is 18.4 Å². The van der Waals surface area contributed by atoms with Crippen molar-refractivity contribution in [2.75, 3.05) is 7.11 Å². The number of aromatic amines is 1. The zero-order valence-electron chi connectivity index (χ0n) is 14.3. The van der Waals surface area contributed by atoms with Gasteiger partial charge < -0.3 is 9.72 Å². The number of hydrogen-bond acceptors (Lipinski definition) is 4. The summed E-state index contributed by atoms with van der Waals surface area (Å²) in [4.78, 5) is 32.1. The van der Waals surface area contributed by atoms with Crippen LogP contribution in [0, 0.1) is 0 Å². The molecule has 1 aliphatic carbocycles. The second-order valence-corrected chi connectivity index (χ2v) is 6.26. The van der Waals surface area contributed by atoms with Gasteiger partial charge in [-0.1, -0.05) is 49.6 Å².